The summed E-state index contributed by atoms with van der Waals surface area (Å²) in [7, 11) is 0. The predicted octanol–water partition coefficient (Wildman–Crippen LogP) is 5.61. The van der Waals surface area contributed by atoms with Crippen LogP contribution in [0.5, 0.6) is 0 Å². The molecule has 1 amide bonds. The smallest absolute Gasteiger partial charge is 0.253 e. The fraction of sp³-hybridized carbons (Fsp3) is 0.435. The summed E-state index contributed by atoms with van der Waals surface area (Å²) >= 11 is 12.5. The Balaban J connectivity index is 1.93. The SMILES string of the molecule is CCN(CC)C(=O)c1ccc(C(c2ccc(Cl)c(Cl)c2)C2CCNCC2)cc1. The number of carbonyl (C=O) groups excluding carboxylic acids is 1. The van der Waals surface area contributed by atoms with Crippen molar-refractivity contribution in [3.8, 4) is 0 Å². The third-order valence-electron chi connectivity index (χ3n) is 5.73. The van der Waals surface area contributed by atoms with E-state index >= 15 is 0 Å². The summed E-state index contributed by atoms with van der Waals surface area (Å²) in [4.78, 5) is 14.5. The van der Waals surface area contributed by atoms with E-state index in [2.05, 4.69) is 23.5 Å². The van der Waals surface area contributed by atoms with Crippen LogP contribution >= 0.6 is 23.2 Å². The number of hydrogen-bond donors (Lipinski definition) is 1. The minimum atomic E-state index is 0.0875. The Bertz CT molecular complexity index is 797. The summed E-state index contributed by atoms with van der Waals surface area (Å²) in [6.07, 6.45) is 2.23. The Hall–Kier alpha value is -1.55. The van der Waals surface area contributed by atoms with Crippen molar-refractivity contribution in [1.82, 2.24) is 10.2 Å². The lowest BCUT2D eigenvalue weighted by Gasteiger charge is -2.32. The van der Waals surface area contributed by atoms with Gasteiger partial charge < -0.3 is 10.2 Å². The summed E-state index contributed by atoms with van der Waals surface area (Å²) < 4.78 is 0. The molecule has 1 N–H and O–H groups in total. The molecule has 2 aromatic rings. The third-order valence-corrected chi connectivity index (χ3v) is 6.46. The lowest BCUT2D eigenvalue weighted by Crippen LogP contribution is -2.31. The quantitative estimate of drug-likeness (QED) is 0.661. The van der Waals surface area contributed by atoms with E-state index in [1.54, 1.807) is 0 Å². The fourth-order valence-corrected chi connectivity index (χ4v) is 4.45. The molecule has 1 saturated heterocycles. The molecular weight excluding hydrogens is 391 g/mol. The van der Waals surface area contributed by atoms with Crippen molar-refractivity contribution in [2.45, 2.75) is 32.6 Å². The van der Waals surface area contributed by atoms with E-state index in [9.17, 15) is 4.79 Å². The number of amides is 1. The summed E-state index contributed by atoms with van der Waals surface area (Å²) in [5, 5.41) is 4.61. The van der Waals surface area contributed by atoms with Gasteiger partial charge in [-0.15, -0.1) is 0 Å². The van der Waals surface area contributed by atoms with E-state index in [0.29, 0.717) is 16.0 Å². The molecule has 1 atom stereocenters. The highest BCUT2D eigenvalue weighted by atomic mass is 35.5. The molecule has 0 aromatic heterocycles. The maximum atomic E-state index is 12.6. The van der Waals surface area contributed by atoms with Gasteiger partial charge in [0.15, 0.2) is 0 Å². The fourth-order valence-electron chi connectivity index (χ4n) is 4.15. The van der Waals surface area contributed by atoms with Crippen LogP contribution in [0.25, 0.3) is 0 Å². The summed E-state index contributed by atoms with van der Waals surface area (Å²) in [5.74, 6) is 0.863. The normalized spacial score (nSPS) is 16.0. The van der Waals surface area contributed by atoms with Crippen LogP contribution < -0.4 is 5.32 Å². The van der Waals surface area contributed by atoms with Crippen LogP contribution in [0.1, 0.15) is 54.1 Å². The molecule has 1 unspecified atom stereocenters. The second-order valence-electron chi connectivity index (χ2n) is 7.34. The molecule has 3 nitrogen and oxygen atoms in total. The van der Waals surface area contributed by atoms with Crippen LogP contribution in [0, 0.1) is 5.92 Å². The number of rotatable bonds is 6. The molecule has 2 aromatic carbocycles. The molecule has 0 spiro atoms. The van der Waals surface area contributed by atoms with Gasteiger partial charge in [0.2, 0.25) is 0 Å². The highest BCUT2D eigenvalue weighted by Crippen LogP contribution is 2.39. The first-order chi connectivity index (χ1) is 13.5. The van der Waals surface area contributed by atoms with Gasteiger partial charge in [0, 0.05) is 24.6 Å². The van der Waals surface area contributed by atoms with Crippen LogP contribution in [0.3, 0.4) is 0 Å². The second-order valence-corrected chi connectivity index (χ2v) is 8.15. The van der Waals surface area contributed by atoms with Gasteiger partial charge in [-0.05, 0) is 81.1 Å². The van der Waals surface area contributed by atoms with Crippen molar-refractivity contribution >= 4 is 29.1 Å². The molecular formula is C23H28Cl2N2O. The average Bonchev–Trinajstić information content (AvgIpc) is 2.73. The summed E-state index contributed by atoms with van der Waals surface area (Å²) in [6.45, 7) is 7.51. The van der Waals surface area contributed by atoms with Gasteiger partial charge in [0.25, 0.3) is 5.91 Å². The topological polar surface area (TPSA) is 32.3 Å². The van der Waals surface area contributed by atoms with Gasteiger partial charge in [-0.1, -0.05) is 41.4 Å². The van der Waals surface area contributed by atoms with Crippen molar-refractivity contribution in [3.63, 3.8) is 0 Å². The van der Waals surface area contributed by atoms with E-state index in [4.69, 9.17) is 23.2 Å². The molecule has 0 radical (unpaired) electrons. The number of carbonyl (C=O) groups is 1. The summed E-state index contributed by atoms with van der Waals surface area (Å²) in [6, 6.07) is 14.1. The van der Waals surface area contributed by atoms with E-state index in [1.807, 2.05) is 43.0 Å². The van der Waals surface area contributed by atoms with Crippen LogP contribution in [-0.4, -0.2) is 37.0 Å². The van der Waals surface area contributed by atoms with E-state index < -0.39 is 0 Å². The largest absolute Gasteiger partial charge is 0.339 e. The average molecular weight is 419 g/mol. The Labute approximate surface area is 178 Å². The van der Waals surface area contributed by atoms with Gasteiger partial charge in [-0.2, -0.15) is 0 Å². The number of piperidine rings is 1. The Kier molecular flexibility index (Phi) is 7.39. The zero-order valence-electron chi connectivity index (χ0n) is 16.6. The lowest BCUT2D eigenvalue weighted by molar-refractivity contribution is 0.0773. The first-order valence-electron chi connectivity index (χ1n) is 10.1. The van der Waals surface area contributed by atoms with Gasteiger partial charge in [0.05, 0.1) is 10.0 Å². The Morgan fingerprint density at radius 3 is 2.18 bits per heavy atom. The van der Waals surface area contributed by atoms with E-state index in [-0.39, 0.29) is 11.8 Å². The zero-order valence-corrected chi connectivity index (χ0v) is 18.1. The molecule has 3 rings (SSSR count). The highest BCUT2D eigenvalue weighted by molar-refractivity contribution is 6.42. The van der Waals surface area contributed by atoms with E-state index in [1.165, 1.54) is 11.1 Å². The highest BCUT2D eigenvalue weighted by Gasteiger charge is 2.27. The molecule has 150 valence electrons. The van der Waals surface area contributed by atoms with Crippen molar-refractivity contribution in [2.75, 3.05) is 26.2 Å². The minimum absolute atomic E-state index is 0.0875. The van der Waals surface area contributed by atoms with Crippen molar-refractivity contribution in [2.24, 2.45) is 5.92 Å². The van der Waals surface area contributed by atoms with Gasteiger partial charge >= 0.3 is 0 Å². The Morgan fingerprint density at radius 2 is 1.61 bits per heavy atom. The molecule has 1 fully saturated rings. The number of halogens is 2. The van der Waals surface area contributed by atoms with Crippen molar-refractivity contribution in [3.05, 3.63) is 69.2 Å². The molecule has 0 bridgehead atoms. The third kappa shape index (κ3) is 4.71. The molecule has 1 heterocycles. The predicted molar refractivity (Wildman–Crippen MR) is 118 cm³/mol. The maximum absolute atomic E-state index is 12.6. The number of benzene rings is 2. The molecule has 28 heavy (non-hydrogen) atoms. The van der Waals surface area contributed by atoms with Crippen molar-refractivity contribution < 1.29 is 4.79 Å². The van der Waals surface area contributed by atoms with Crippen LogP contribution in [0.4, 0.5) is 0 Å². The first kappa shape index (κ1) is 21.2. The van der Waals surface area contributed by atoms with Crippen LogP contribution in [0.2, 0.25) is 10.0 Å². The summed E-state index contributed by atoms with van der Waals surface area (Å²) in [5.41, 5.74) is 3.15. The first-order valence-corrected chi connectivity index (χ1v) is 10.9. The number of hydrogen-bond acceptors (Lipinski definition) is 2. The number of nitrogens with one attached hydrogen (secondary N) is 1. The van der Waals surface area contributed by atoms with Gasteiger partial charge in [-0.25, -0.2) is 0 Å². The standard InChI is InChI=1S/C23H28Cl2N2O/c1-3-27(4-2)23(28)18-7-5-16(6-8-18)22(17-11-13-26-14-12-17)19-9-10-20(24)21(25)15-19/h5-10,15,17,22,26H,3-4,11-14H2,1-2H3. The zero-order chi connectivity index (χ0) is 20.1. The van der Waals surface area contributed by atoms with Crippen molar-refractivity contribution in [1.29, 1.82) is 0 Å². The molecule has 1 aliphatic heterocycles. The van der Waals surface area contributed by atoms with Crippen LogP contribution in [0.15, 0.2) is 42.5 Å². The van der Waals surface area contributed by atoms with Gasteiger partial charge in [0.1, 0.15) is 0 Å². The Morgan fingerprint density at radius 1 is 1.00 bits per heavy atom. The minimum Gasteiger partial charge on any atom is -0.339 e. The van der Waals surface area contributed by atoms with E-state index in [0.717, 1.165) is 44.6 Å². The number of nitrogens with zero attached hydrogens (tertiary/aromatic N) is 1. The van der Waals surface area contributed by atoms with Gasteiger partial charge in [-0.3, -0.25) is 4.79 Å². The lowest BCUT2D eigenvalue weighted by atomic mass is 9.76. The molecule has 0 saturated carbocycles. The maximum Gasteiger partial charge on any atom is 0.253 e. The molecule has 1 aliphatic rings. The molecule has 5 heteroatoms. The van der Waals surface area contributed by atoms with Crippen LogP contribution in [-0.2, 0) is 0 Å². The molecule has 0 aliphatic carbocycles. The second kappa shape index (κ2) is 9.78. The monoisotopic (exact) mass is 418 g/mol.